The minimum absolute atomic E-state index is 0.00197. The molecule has 2 fully saturated rings. The van der Waals surface area contributed by atoms with Gasteiger partial charge in [-0.25, -0.2) is 0 Å². The molecule has 1 N–H and O–H groups in total. The maximum absolute atomic E-state index is 12.2. The molecule has 0 unspecified atom stereocenters. The van der Waals surface area contributed by atoms with E-state index >= 15 is 0 Å². The molecule has 1 amide bonds. The summed E-state index contributed by atoms with van der Waals surface area (Å²) in [5.74, 6) is 0.217. The van der Waals surface area contributed by atoms with E-state index in [4.69, 9.17) is 0 Å². The minimum Gasteiger partial charge on any atom is -0.469 e. The fraction of sp³-hybridized carbons (Fsp3) is 0.812. The lowest BCUT2D eigenvalue weighted by atomic mass is 9.82. The molecule has 0 aromatic rings. The van der Waals surface area contributed by atoms with Crippen LogP contribution in [0.3, 0.4) is 0 Å². The van der Waals surface area contributed by atoms with Gasteiger partial charge in [-0.15, -0.1) is 0 Å². The molecule has 2 atom stereocenters. The molecule has 0 radical (unpaired) electrons. The van der Waals surface area contributed by atoms with Crippen molar-refractivity contribution in [1.82, 2.24) is 10.2 Å². The summed E-state index contributed by atoms with van der Waals surface area (Å²) in [5.41, 5.74) is 0. The molecular formula is C16H26N2O4. The summed E-state index contributed by atoms with van der Waals surface area (Å²) in [4.78, 5) is 37.3. The first-order valence-corrected chi connectivity index (χ1v) is 8.22. The fourth-order valence-electron chi connectivity index (χ4n) is 3.52. The molecule has 0 aromatic heterocycles. The van der Waals surface area contributed by atoms with E-state index in [2.05, 4.69) is 15.0 Å². The molecule has 0 spiro atoms. The van der Waals surface area contributed by atoms with E-state index in [1.54, 1.807) is 0 Å². The maximum atomic E-state index is 12.2. The Morgan fingerprint density at radius 3 is 2.82 bits per heavy atom. The highest BCUT2D eigenvalue weighted by atomic mass is 16.5. The molecule has 0 aromatic carbocycles. The summed E-state index contributed by atoms with van der Waals surface area (Å²) in [6.07, 6.45) is 4.80. The number of hydrogen-bond donors (Lipinski definition) is 1. The molecule has 2 heterocycles. The number of ether oxygens (including phenoxy) is 1. The van der Waals surface area contributed by atoms with E-state index in [9.17, 15) is 14.4 Å². The van der Waals surface area contributed by atoms with Gasteiger partial charge in [0.25, 0.3) is 0 Å². The van der Waals surface area contributed by atoms with Gasteiger partial charge >= 0.3 is 5.97 Å². The molecule has 2 saturated heterocycles. The van der Waals surface area contributed by atoms with E-state index in [0.717, 1.165) is 32.4 Å². The van der Waals surface area contributed by atoms with Crippen molar-refractivity contribution in [3.63, 3.8) is 0 Å². The number of carbonyl (C=O) groups excluding carboxylic acids is 3. The van der Waals surface area contributed by atoms with Crippen molar-refractivity contribution in [2.45, 2.75) is 51.0 Å². The van der Waals surface area contributed by atoms with Crippen molar-refractivity contribution >= 4 is 17.7 Å². The Labute approximate surface area is 131 Å². The van der Waals surface area contributed by atoms with Gasteiger partial charge in [0.15, 0.2) is 0 Å². The Hall–Kier alpha value is -1.43. The lowest BCUT2D eigenvalue weighted by Crippen LogP contribution is -2.55. The average molecular weight is 310 g/mol. The van der Waals surface area contributed by atoms with Gasteiger partial charge in [-0.1, -0.05) is 0 Å². The van der Waals surface area contributed by atoms with E-state index in [0.29, 0.717) is 31.6 Å². The molecule has 22 heavy (non-hydrogen) atoms. The second kappa shape index (κ2) is 8.27. The van der Waals surface area contributed by atoms with Gasteiger partial charge in [-0.2, -0.15) is 0 Å². The second-order valence-corrected chi connectivity index (χ2v) is 6.19. The quantitative estimate of drug-likeness (QED) is 0.737. The zero-order valence-electron chi connectivity index (χ0n) is 13.3. The second-order valence-electron chi connectivity index (χ2n) is 6.19. The highest BCUT2D eigenvalue weighted by Gasteiger charge is 2.38. The minimum atomic E-state index is -0.288. The molecule has 6 nitrogen and oxygen atoms in total. The van der Waals surface area contributed by atoms with Crippen LogP contribution in [0, 0.1) is 5.92 Å². The predicted molar refractivity (Wildman–Crippen MR) is 81.2 cm³/mol. The van der Waals surface area contributed by atoms with Crippen molar-refractivity contribution < 1.29 is 19.1 Å². The van der Waals surface area contributed by atoms with Gasteiger partial charge in [0.05, 0.1) is 13.2 Å². The monoisotopic (exact) mass is 310 g/mol. The van der Waals surface area contributed by atoms with Gasteiger partial charge in [0, 0.05) is 25.8 Å². The van der Waals surface area contributed by atoms with Crippen molar-refractivity contribution in [3.05, 3.63) is 0 Å². The van der Waals surface area contributed by atoms with Gasteiger partial charge in [0.1, 0.15) is 5.78 Å². The summed E-state index contributed by atoms with van der Waals surface area (Å²) < 4.78 is 4.54. The van der Waals surface area contributed by atoms with Gasteiger partial charge in [-0.3, -0.25) is 19.3 Å². The highest BCUT2D eigenvalue weighted by Crippen LogP contribution is 2.28. The van der Waals surface area contributed by atoms with E-state index in [1.807, 2.05) is 0 Å². The number of fused-ring (bicyclic) bond motifs is 1. The number of esters is 1. The standard InChI is InChI=1S/C16H26N2O4/c1-22-15(21)8-2-7-14(20)17-11-12-5-3-9-18-10-4-6-13(19)16(12)18/h12,16H,2-11H2,1H3,(H,17,20)/t12-,16+/m0/s1. The number of methoxy groups -OCH3 is 1. The summed E-state index contributed by atoms with van der Waals surface area (Å²) in [6, 6.07) is -0.00197. The third kappa shape index (κ3) is 4.53. The smallest absolute Gasteiger partial charge is 0.305 e. The summed E-state index contributed by atoms with van der Waals surface area (Å²) >= 11 is 0. The Morgan fingerprint density at radius 2 is 2.05 bits per heavy atom. The largest absolute Gasteiger partial charge is 0.469 e. The zero-order valence-corrected chi connectivity index (χ0v) is 13.3. The van der Waals surface area contributed by atoms with E-state index in [1.165, 1.54) is 7.11 Å². The number of rotatable bonds is 6. The maximum Gasteiger partial charge on any atom is 0.305 e. The Morgan fingerprint density at radius 1 is 1.27 bits per heavy atom. The van der Waals surface area contributed by atoms with Crippen LogP contribution in [0.5, 0.6) is 0 Å². The van der Waals surface area contributed by atoms with Crippen LogP contribution in [-0.2, 0) is 19.1 Å². The molecule has 2 aliphatic rings. The van der Waals surface area contributed by atoms with Crippen molar-refractivity contribution in [2.75, 3.05) is 26.7 Å². The first-order chi connectivity index (χ1) is 10.6. The number of nitrogens with one attached hydrogen (secondary N) is 1. The lowest BCUT2D eigenvalue weighted by molar-refractivity contribution is -0.140. The van der Waals surface area contributed by atoms with Crippen LogP contribution >= 0.6 is 0 Å². The van der Waals surface area contributed by atoms with Crippen LogP contribution in [0.4, 0.5) is 0 Å². The van der Waals surface area contributed by atoms with Crippen LogP contribution in [0.1, 0.15) is 44.9 Å². The van der Waals surface area contributed by atoms with Gasteiger partial charge in [0.2, 0.25) is 5.91 Å². The molecule has 0 bridgehead atoms. The van der Waals surface area contributed by atoms with Crippen LogP contribution < -0.4 is 5.32 Å². The number of ketones is 1. The van der Waals surface area contributed by atoms with Crippen molar-refractivity contribution in [3.8, 4) is 0 Å². The van der Waals surface area contributed by atoms with Crippen LogP contribution in [0.15, 0.2) is 0 Å². The third-order valence-corrected chi connectivity index (χ3v) is 4.63. The van der Waals surface area contributed by atoms with E-state index in [-0.39, 0.29) is 30.3 Å². The van der Waals surface area contributed by atoms with Crippen molar-refractivity contribution in [1.29, 1.82) is 0 Å². The van der Waals surface area contributed by atoms with E-state index < -0.39 is 0 Å². The Bertz CT molecular complexity index is 422. The first-order valence-electron chi connectivity index (χ1n) is 8.22. The summed E-state index contributed by atoms with van der Waals surface area (Å²) in [6.45, 7) is 2.56. The number of hydrogen-bond acceptors (Lipinski definition) is 5. The number of amides is 1. The number of Topliss-reactive ketones (excluding diaryl/α,β-unsaturated/α-hetero) is 1. The molecule has 0 saturated carbocycles. The molecule has 2 rings (SSSR count). The zero-order chi connectivity index (χ0) is 15.9. The Kier molecular flexibility index (Phi) is 6.36. The predicted octanol–water partition coefficient (Wildman–Crippen LogP) is 0.889. The molecular weight excluding hydrogens is 284 g/mol. The SMILES string of the molecule is COC(=O)CCCC(=O)NC[C@@H]1CCCN2CCCC(=O)[C@@H]12. The van der Waals surface area contributed by atoms with Gasteiger partial charge in [-0.05, 0) is 44.7 Å². The summed E-state index contributed by atoms with van der Waals surface area (Å²) in [7, 11) is 1.35. The molecule has 0 aliphatic carbocycles. The molecule has 2 aliphatic heterocycles. The molecule has 124 valence electrons. The molecule has 6 heteroatoms. The topological polar surface area (TPSA) is 75.7 Å². The highest BCUT2D eigenvalue weighted by molar-refractivity contribution is 5.85. The summed E-state index contributed by atoms with van der Waals surface area (Å²) in [5, 5.41) is 2.93. The first kappa shape index (κ1) is 16.9. The number of piperidine rings is 2. The average Bonchev–Trinajstić information content (AvgIpc) is 2.52. The Balaban J connectivity index is 1.74. The fourth-order valence-corrected chi connectivity index (χ4v) is 3.52. The van der Waals surface area contributed by atoms with Gasteiger partial charge < -0.3 is 10.1 Å². The number of nitrogens with zero attached hydrogens (tertiary/aromatic N) is 1. The van der Waals surface area contributed by atoms with Crippen LogP contribution in [-0.4, -0.2) is 55.3 Å². The van der Waals surface area contributed by atoms with Crippen LogP contribution in [0.2, 0.25) is 0 Å². The normalized spacial score (nSPS) is 25.4. The number of carbonyl (C=O) groups is 3. The third-order valence-electron chi connectivity index (χ3n) is 4.63. The van der Waals surface area contributed by atoms with Crippen molar-refractivity contribution in [2.24, 2.45) is 5.92 Å². The van der Waals surface area contributed by atoms with Crippen LogP contribution in [0.25, 0.3) is 0 Å². The lowest BCUT2D eigenvalue weighted by Gasteiger charge is -2.43.